The summed E-state index contributed by atoms with van der Waals surface area (Å²) in [4.78, 5) is 12.7. The van der Waals surface area contributed by atoms with Gasteiger partial charge in [-0.2, -0.15) is 0 Å². The number of hydrogen-bond donors (Lipinski definition) is 1. The average Bonchev–Trinajstić information content (AvgIpc) is 3.24. The molecule has 0 bridgehead atoms. The molecule has 0 aliphatic rings. The molecule has 0 aliphatic heterocycles. The van der Waals surface area contributed by atoms with Gasteiger partial charge in [-0.3, -0.25) is 4.79 Å². The molecule has 1 amide bonds. The number of hydrogen-bond acceptors (Lipinski definition) is 4. The maximum atomic E-state index is 12.7. The quantitative estimate of drug-likeness (QED) is 0.442. The molecule has 0 saturated carbocycles. The summed E-state index contributed by atoms with van der Waals surface area (Å²) in [6.45, 7) is 2.41. The van der Waals surface area contributed by atoms with Crippen molar-refractivity contribution in [1.82, 2.24) is 5.16 Å². The molecule has 148 valence electrons. The van der Waals surface area contributed by atoms with Gasteiger partial charge in [-0.25, -0.2) is 0 Å². The SMILES string of the molecule is Cc1cccc(-c2cc(C(=O)Nc3ccccc3OCc3ccccc3)no2)c1.[HH].[HH]. The molecule has 0 unspecified atom stereocenters. The first-order chi connectivity index (χ1) is 14.2. The number of carbonyl (C=O) groups is 1. The third-order valence-corrected chi connectivity index (χ3v) is 4.42. The first-order valence-corrected chi connectivity index (χ1v) is 9.30. The first-order valence-electron chi connectivity index (χ1n) is 9.30. The van der Waals surface area contributed by atoms with Gasteiger partial charge in [0, 0.05) is 14.5 Å². The van der Waals surface area contributed by atoms with Crippen LogP contribution in [-0.2, 0) is 6.61 Å². The van der Waals surface area contributed by atoms with Gasteiger partial charge in [0.2, 0.25) is 0 Å². The molecular formula is C24H24N2O3. The van der Waals surface area contributed by atoms with E-state index in [4.69, 9.17) is 9.26 Å². The summed E-state index contributed by atoms with van der Waals surface area (Å²) in [7, 11) is 0. The van der Waals surface area contributed by atoms with Gasteiger partial charge < -0.3 is 14.6 Å². The Bertz CT molecular complexity index is 1130. The summed E-state index contributed by atoms with van der Waals surface area (Å²) < 4.78 is 11.2. The van der Waals surface area contributed by atoms with Crippen LogP contribution < -0.4 is 10.1 Å². The number of aromatic nitrogens is 1. The van der Waals surface area contributed by atoms with Gasteiger partial charge in [-0.15, -0.1) is 0 Å². The first kappa shape index (κ1) is 18.5. The molecule has 1 heterocycles. The minimum absolute atomic E-state index is 0. The van der Waals surface area contributed by atoms with Gasteiger partial charge in [0.05, 0.1) is 5.69 Å². The summed E-state index contributed by atoms with van der Waals surface area (Å²) >= 11 is 0. The smallest absolute Gasteiger partial charge is 0.277 e. The van der Waals surface area contributed by atoms with E-state index in [9.17, 15) is 4.79 Å². The lowest BCUT2D eigenvalue weighted by atomic mass is 10.1. The van der Waals surface area contributed by atoms with Crippen molar-refractivity contribution in [1.29, 1.82) is 0 Å². The maximum absolute atomic E-state index is 12.7. The molecular weight excluding hydrogens is 364 g/mol. The minimum Gasteiger partial charge on any atom is -0.487 e. The van der Waals surface area contributed by atoms with E-state index in [2.05, 4.69) is 10.5 Å². The number of nitrogens with zero attached hydrogens (tertiary/aromatic N) is 1. The lowest BCUT2D eigenvalue weighted by molar-refractivity contribution is 0.101. The van der Waals surface area contributed by atoms with Crippen molar-refractivity contribution in [3.63, 3.8) is 0 Å². The standard InChI is InChI=1S/C24H20N2O3.2H2/c1-17-8-7-11-19(14-17)23-15-21(26-29-23)24(27)25-20-12-5-6-13-22(20)28-16-18-9-3-2-4-10-18;;/h2-15H,16H2,1H3,(H,25,27);2*1H. The van der Waals surface area contributed by atoms with Gasteiger partial charge in [0.1, 0.15) is 12.4 Å². The highest BCUT2D eigenvalue weighted by Gasteiger charge is 2.16. The molecule has 1 N–H and O–H groups in total. The predicted molar refractivity (Wildman–Crippen MR) is 116 cm³/mol. The molecule has 0 saturated heterocycles. The Morgan fingerprint density at radius 3 is 2.62 bits per heavy atom. The fraction of sp³-hybridized carbons (Fsp3) is 0.0833. The second-order valence-corrected chi connectivity index (χ2v) is 6.67. The van der Waals surface area contributed by atoms with Crippen molar-refractivity contribution in [2.45, 2.75) is 13.5 Å². The predicted octanol–water partition coefficient (Wildman–Crippen LogP) is 5.97. The highest BCUT2D eigenvalue weighted by Crippen LogP contribution is 2.26. The van der Waals surface area contributed by atoms with E-state index in [1.165, 1.54) is 0 Å². The Balaban J connectivity index is 0.00000171. The van der Waals surface area contributed by atoms with Crippen LogP contribution in [-0.4, -0.2) is 11.1 Å². The van der Waals surface area contributed by atoms with Crippen LogP contribution in [0.5, 0.6) is 5.75 Å². The number of anilines is 1. The third-order valence-electron chi connectivity index (χ3n) is 4.42. The van der Waals surface area contributed by atoms with E-state index in [1.807, 2.05) is 79.7 Å². The van der Waals surface area contributed by atoms with Gasteiger partial charge in [0.25, 0.3) is 5.91 Å². The molecule has 4 rings (SSSR count). The number of nitrogens with one attached hydrogen (secondary N) is 1. The van der Waals surface area contributed by atoms with Crippen molar-refractivity contribution >= 4 is 11.6 Å². The zero-order valence-corrected chi connectivity index (χ0v) is 16.0. The van der Waals surface area contributed by atoms with E-state index in [-0.39, 0.29) is 14.5 Å². The lowest BCUT2D eigenvalue weighted by Gasteiger charge is -2.11. The monoisotopic (exact) mass is 388 g/mol. The second kappa shape index (κ2) is 8.44. The molecule has 29 heavy (non-hydrogen) atoms. The zero-order valence-electron chi connectivity index (χ0n) is 16.0. The van der Waals surface area contributed by atoms with Crippen molar-refractivity contribution in [2.24, 2.45) is 0 Å². The Labute approximate surface area is 171 Å². The van der Waals surface area contributed by atoms with E-state index >= 15 is 0 Å². The average molecular weight is 388 g/mol. The van der Waals surface area contributed by atoms with Gasteiger partial charge >= 0.3 is 0 Å². The fourth-order valence-corrected chi connectivity index (χ4v) is 2.93. The number of carbonyl (C=O) groups excluding carboxylic acids is 1. The number of para-hydroxylation sites is 2. The Hall–Kier alpha value is -3.86. The zero-order chi connectivity index (χ0) is 20.1. The molecule has 4 aromatic rings. The summed E-state index contributed by atoms with van der Waals surface area (Å²) in [6.07, 6.45) is 0. The summed E-state index contributed by atoms with van der Waals surface area (Å²) in [5.41, 5.74) is 3.82. The number of amides is 1. The topological polar surface area (TPSA) is 64.4 Å². The highest BCUT2D eigenvalue weighted by molar-refractivity contribution is 6.04. The summed E-state index contributed by atoms with van der Waals surface area (Å²) in [6, 6.07) is 26.6. The van der Waals surface area contributed by atoms with Crippen LogP contribution in [0.25, 0.3) is 11.3 Å². The van der Waals surface area contributed by atoms with Gasteiger partial charge in [0.15, 0.2) is 11.5 Å². The van der Waals surface area contributed by atoms with Crippen molar-refractivity contribution in [3.05, 3.63) is 102 Å². The molecule has 0 atom stereocenters. The number of rotatable bonds is 6. The molecule has 0 aliphatic carbocycles. The molecule has 3 aromatic carbocycles. The maximum Gasteiger partial charge on any atom is 0.277 e. The molecule has 5 nitrogen and oxygen atoms in total. The van der Waals surface area contributed by atoms with Crippen molar-refractivity contribution in [2.75, 3.05) is 5.32 Å². The lowest BCUT2D eigenvalue weighted by Crippen LogP contribution is -2.13. The van der Waals surface area contributed by atoms with Crippen molar-refractivity contribution < 1.29 is 16.9 Å². The van der Waals surface area contributed by atoms with Crippen LogP contribution in [0, 0.1) is 6.92 Å². The van der Waals surface area contributed by atoms with E-state index in [1.54, 1.807) is 12.1 Å². The number of ether oxygens (including phenoxy) is 1. The number of aryl methyl sites for hydroxylation is 1. The van der Waals surface area contributed by atoms with Gasteiger partial charge in [-0.1, -0.05) is 71.4 Å². The van der Waals surface area contributed by atoms with Crippen molar-refractivity contribution in [3.8, 4) is 17.1 Å². The molecule has 0 fully saturated rings. The normalized spacial score (nSPS) is 10.5. The van der Waals surface area contributed by atoms with E-state index in [0.717, 1.165) is 16.7 Å². The van der Waals surface area contributed by atoms with Crippen LogP contribution in [0.2, 0.25) is 0 Å². The van der Waals surface area contributed by atoms with Crippen LogP contribution in [0.15, 0.2) is 89.5 Å². The highest BCUT2D eigenvalue weighted by atomic mass is 16.5. The molecule has 5 heteroatoms. The van der Waals surface area contributed by atoms with Crippen LogP contribution >= 0.6 is 0 Å². The van der Waals surface area contributed by atoms with E-state index < -0.39 is 0 Å². The Morgan fingerprint density at radius 1 is 1.00 bits per heavy atom. The summed E-state index contributed by atoms with van der Waals surface area (Å²) in [5, 5.41) is 6.77. The van der Waals surface area contributed by atoms with Crippen LogP contribution in [0.1, 0.15) is 24.5 Å². The number of benzene rings is 3. The Morgan fingerprint density at radius 2 is 1.79 bits per heavy atom. The summed E-state index contributed by atoms with van der Waals surface area (Å²) in [5.74, 6) is 0.781. The minimum atomic E-state index is -0.358. The molecule has 0 spiro atoms. The van der Waals surface area contributed by atoms with Crippen LogP contribution in [0.3, 0.4) is 0 Å². The van der Waals surface area contributed by atoms with Gasteiger partial charge in [-0.05, 0) is 30.7 Å². The largest absolute Gasteiger partial charge is 0.487 e. The molecule has 1 aromatic heterocycles. The second-order valence-electron chi connectivity index (χ2n) is 6.67. The Kier molecular flexibility index (Phi) is 5.38. The van der Waals surface area contributed by atoms with Crippen LogP contribution in [0.4, 0.5) is 5.69 Å². The molecule has 0 radical (unpaired) electrons. The van der Waals surface area contributed by atoms with E-state index in [0.29, 0.717) is 23.8 Å². The third kappa shape index (κ3) is 4.52. The fourth-order valence-electron chi connectivity index (χ4n) is 2.93.